The van der Waals surface area contributed by atoms with E-state index in [9.17, 15) is 13.9 Å². The highest BCUT2D eigenvalue weighted by atomic mass is 19.1. The number of ether oxygens (including phenoxy) is 1. The van der Waals surface area contributed by atoms with E-state index in [0.29, 0.717) is 25.0 Å². The zero-order valence-corrected chi connectivity index (χ0v) is 11.7. The minimum absolute atomic E-state index is 0.00314. The zero-order chi connectivity index (χ0) is 14.8. The monoisotopic (exact) mass is 282 g/mol. The molecular weight excluding hydrogens is 262 g/mol. The van der Waals surface area contributed by atoms with Gasteiger partial charge in [0.2, 0.25) is 0 Å². The molecule has 1 fully saturated rings. The summed E-state index contributed by atoms with van der Waals surface area (Å²) in [5.74, 6) is -1.23. The molecule has 0 aliphatic carbocycles. The van der Waals surface area contributed by atoms with E-state index >= 15 is 0 Å². The minimum Gasteiger partial charge on any atom is -0.396 e. The largest absolute Gasteiger partial charge is 0.396 e. The highest BCUT2D eigenvalue weighted by molar-refractivity contribution is 5.28. The highest BCUT2D eigenvalue weighted by Gasteiger charge is 2.43. The van der Waals surface area contributed by atoms with Gasteiger partial charge in [0.05, 0.1) is 6.61 Å². The Morgan fingerprint density at radius 2 is 2.25 bits per heavy atom. The maximum Gasteiger partial charge on any atom is 0.132 e. The standard InChI is InChI=1S/C16H20F2O2/c1-3-11(2)7-16(8-12(9-19)10-20-16)14-5-4-13(17)6-15(14)18/h4-6,12,19H,2-3,7-10H2,1H3/t12-,16-/m1/s1. The van der Waals surface area contributed by atoms with Crippen molar-refractivity contribution in [1.29, 1.82) is 0 Å². The SMILES string of the molecule is C=C(CC)C[C@]1(c2ccc(F)cc2F)C[C@H](CO)CO1. The third kappa shape index (κ3) is 2.91. The van der Waals surface area contributed by atoms with Gasteiger partial charge in [-0.15, -0.1) is 0 Å². The Labute approximate surface area is 118 Å². The van der Waals surface area contributed by atoms with Gasteiger partial charge in [0.15, 0.2) is 0 Å². The first-order valence-electron chi connectivity index (χ1n) is 6.87. The van der Waals surface area contributed by atoms with Gasteiger partial charge in [-0.25, -0.2) is 8.78 Å². The lowest BCUT2D eigenvalue weighted by molar-refractivity contribution is -0.00419. The smallest absolute Gasteiger partial charge is 0.132 e. The molecule has 110 valence electrons. The zero-order valence-electron chi connectivity index (χ0n) is 11.7. The van der Waals surface area contributed by atoms with Crippen molar-refractivity contribution in [3.05, 3.63) is 47.5 Å². The van der Waals surface area contributed by atoms with Crippen LogP contribution in [0.25, 0.3) is 0 Å². The second kappa shape index (κ2) is 6.02. The molecule has 1 aliphatic heterocycles. The molecule has 0 spiro atoms. The third-order valence-corrected chi connectivity index (χ3v) is 3.93. The Hall–Kier alpha value is -1.26. The highest BCUT2D eigenvalue weighted by Crippen LogP contribution is 2.44. The fourth-order valence-corrected chi connectivity index (χ4v) is 2.77. The Morgan fingerprint density at radius 3 is 2.80 bits per heavy atom. The van der Waals surface area contributed by atoms with Crippen molar-refractivity contribution in [2.75, 3.05) is 13.2 Å². The molecule has 0 aromatic heterocycles. The van der Waals surface area contributed by atoms with Crippen LogP contribution in [-0.4, -0.2) is 18.3 Å². The van der Waals surface area contributed by atoms with Gasteiger partial charge in [0, 0.05) is 30.6 Å². The summed E-state index contributed by atoms with van der Waals surface area (Å²) < 4.78 is 33.1. The van der Waals surface area contributed by atoms with Gasteiger partial charge in [-0.05, 0) is 18.9 Å². The van der Waals surface area contributed by atoms with Crippen LogP contribution in [0.15, 0.2) is 30.4 Å². The lowest BCUT2D eigenvalue weighted by Gasteiger charge is -2.30. The summed E-state index contributed by atoms with van der Waals surface area (Å²) in [6.45, 7) is 6.33. The summed E-state index contributed by atoms with van der Waals surface area (Å²) in [7, 11) is 0. The van der Waals surface area contributed by atoms with Crippen LogP contribution in [0.4, 0.5) is 8.78 Å². The Balaban J connectivity index is 2.38. The van der Waals surface area contributed by atoms with Crippen molar-refractivity contribution in [3.63, 3.8) is 0 Å². The van der Waals surface area contributed by atoms with E-state index in [4.69, 9.17) is 4.74 Å². The van der Waals surface area contributed by atoms with Crippen molar-refractivity contribution in [2.45, 2.75) is 31.8 Å². The van der Waals surface area contributed by atoms with E-state index in [1.54, 1.807) is 0 Å². The van der Waals surface area contributed by atoms with Gasteiger partial charge in [-0.3, -0.25) is 0 Å². The second-order valence-corrected chi connectivity index (χ2v) is 5.46. The molecule has 1 saturated heterocycles. The van der Waals surface area contributed by atoms with Gasteiger partial charge in [-0.2, -0.15) is 0 Å². The number of benzene rings is 1. The summed E-state index contributed by atoms with van der Waals surface area (Å²) >= 11 is 0. The molecule has 0 saturated carbocycles. The van der Waals surface area contributed by atoms with E-state index in [-0.39, 0.29) is 12.5 Å². The molecule has 0 bridgehead atoms. The van der Waals surface area contributed by atoms with E-state index in [1.165, 1.54) is 12.1 Å². The number of hydrogen-bond acceptors (Lipinski definition) is 2. The molecule has 1 aromatic rings. The van der Waals surface area contributed by atoms with Crippen molar-refractivity contribution in [3.8, 4) is 0 Å². The van der Waals surface area contributed by atoms with Crippen LogP contribution in [0, 0.1) is 17.6 Å². The fourth-order valence-electron chi connectivity index (χ4n) is 2.77. The quantitative estimate of drug-likeness (QED) is 0.837. The van der Waals surface area contributed by atoms with Gasteiger partial charge < -0.3 is 9.84 Å². The Kier molecular flexibility index (Phi) is 4.55. The molecule has 0 radical (unpaired) electrons. The first-order valence-corrected chi connectivity index (χ1v) is 6.87. The van der Waals surface area contributed by atoms with Crippen LogP contribution < -0.4 is 0 Å². The van der Waals surface area contributed by atoms with Crippen molar-refractivity contribution in [1.82, 2.24) is 0 Å². The van der Waals surface area contributed by atoms with Crippen LogP contribution in [0.1, 0.15) is 31.7 Å². The topological polar surface area (TPSA) is 29.5 Å². The summed E-state index contributed by atoms with van der Waals surface area (Å²) in [5, 5.41) is 9.29. The summed E-state index contributed by atoms with van der Waals surface area (Å²) in [6, 6.07) is 3.55. The molecule has 0 unspecified atom stereocenters. The van der Waals surface area contributed by atoms with Crippen LogP contribution in [0.3, 0.4) is 0 Å². The van der Waals surface area contributed by atoms with Crippen LogP contribution in [0.2, 0.25) is 0 Å². The van der Waals surface area contributed by atoms with Crippen LogP contribution >= 0.6 is 0 Å². The molecule has 2 rings (SSSR count). The maximum absolute atomic E-state index is 14.1. The molecule has 1 aliphatic rings. The number of halogens is 2. The summed E-state index contributed by atoms with van der Waals surface area (Å²) in [4.78, 5) is 0. The van der Waals surface area contributed by atoms with Gasteiger partial charge in [0.1, 0.15) is 17.2 Å². The molecule has 0 amide bonds. The predicted octanol–water partition coefficient (Wildman–Crippen LogP) is 3.55. The molecule has 20 heavy (non-hydrogen) atoms. The fraction of sp³-hybridized carbons (Fsp3) is 0.500. The van der Waals surface area contributed by atoms with E-state index < -0.39 is 17.2 Å². The molecule has 2 atom stereocenters. The lowest BCUT2D eigenvalue weighted by Crippen LogP contribution is -2.27. The number of aliphatic hydroxyl groups is 1. The molecule has 1 aromatic carbocycles. The van der Waals surface area contributed by atoms with Gasteiger partial charge in [-0.1, -0.05) is 25.1 Å². The molecule has 1 heterocycles. The van der Waals surface area contributed by atoms with Crippen molar-refractivity contribution < 1.29 is 18.6 Å². The van der Waals surface area contributed by atoms with Crippen molar-refractivity contribution >= 4 is 0 Å². The predicted molar refractivity (Wildman–Crippen MR) is 73.2 cm³/mol. The van der Waals surface area contributed by atoms with E-state index in [1.807, 2.05) is 6.92 Å². The number of rotatable bonds is 5. The molecule has 1 N–H and O–H groups in total. The number of hydrogen-bond donors (Lipinski definition) is 1. The van der Waals surface area contributed by atoms with Crippen LogP contribution in [0.5, 0.6) is 0 Å². The first kappa shape index (κ1) is 15.1. The van der Waals surface area contributed by atoms with Crippen LogP contribution in [-0.2, 0) is 10.3 Å². The van der Waals surface area contributed by atoms with E-state index in [0.717, 1.165) is 18.1 Å². The molecule has 4 heteroatoms. The second-order valence-electron chi connectivity index (χ2n) is 5.46. The molecule has 2 nitrogen and oxygen atoms in total. The van der Waals surface area contributed by atoms with Crippen molar-refractivity contribution in [2.24, 2.45) is 5.92 Å². The Morgan fingerprint density at radius 1 is 1.50 bits per heavy atom. The summed E-state index contributed by atoms with van der Waals surface area (Å²) in [6.07, 6.45) is 1.78. The summed E-state index contributed by atoms with van der Waals surface area (Å²) in [5.41, 5.74) is 0.468. The Bertz CT molecular complexity index is 501. The first-order chi connectivity index (χ1) is 9.50. The third-order valence-electron chi connectivity index (χ3n) is 3.93. The maximum atomic E-state index is 14.1. The number of aliphatic hydroxyl groups excluding tert-OH is 1. The lowest BCUT2D eigenvalue weighted by atomic mass is 9.82. The average Bonchev–Trinajstić information content (AvgIpc) is 2.82. The van der Waals surface area contributed by atoms with Gasteiger partial charge >= 0.3 is 0 Å². The van der Waals surface area contributed by atoms with Gasteiger partial charge in [0.25, 0.3) is 0 Å². The van der Waals surface area contributed by atoms with E-state index in [2.05, 4.69) is 6.58 Å². The normalized spacial score (nSPS) is 25.9. The molecular formula is C16H20F2O2. The minimum atomic E-state index is -0.835. The average molecular weight is 282 g/mol.